The number of nitrogens with one attached hydrogen (secondary N) is 2. The van der Waals surface area contributed by atoms with Gasteiger partial charge in [-0.1, -0.05) is 0 Å². The molecular weight excluding hydrogens is 303 g/mol. The Morgan fingerprint density at radius 1 is 1.45 bits per heavy atom. The van der Waals surface area contributed by atoms with Gasteiger partial charge >= 0.3 is 6.18 Å². The van der Waals surface area contributed by atoms with Gasteiger partial charge < -0.3 is 10.1 Å². The smallest absolute Gasteiger partial charge is 0.453 e. The van der Waals surface area contributed by atoms with Gasteiger partial charge in [-0.2, -0.15) is 13.2 Å². The van der Waals surface area contributed by atoms with Crippen LogP contribution in [-0.4, -0.2) is 33.2 Å². The minimum atomic E-state index is -4.63. The van der Waals surface area contributed by atoms with Crippen molar-refractivity contribution in [2.45, 2.75) is 19.6 Å². The third kappa shape index (κ3) is 3.51. The maximum Gasteiger partial charge on any atom is 0.453 e. The molecule has 0 spiro atoms. The average molecular weight is 315 g/mol. The van der Waals surface area contributed by atoms with E-state index in [-0.39, 0.29) is 23.7 Å². The third-order valence-electron chi connectivity index (χ3n) is 2.67. The van der Waals surface area contributed by atoms with Crippen LogP contribution >= 0.6 is 0 Å². The zero-order valence-electron chi connectivity index (χ0n) is 11.7. The van der Waals surface area contributed by atoms with E-state index < -0.39 is 17.9 Å². The van der Waals surface area contributed by atoms with Gasteiger partial charge in [0, 0.05) is 5.69 Å². The molecule has 0 aliphatic rings. The van der Waals surface area contributed by atoms with E-state index in [9.17, 15) is 18.0 Å². The summed E-state index contributed by atoms with van der Waals surface area (Å²) in [6, 6.07) is 1.51. The lowest BCUT2D eigenvalue weighted by molar-refractivity contribution is -0.144. The Bertz CT molecular complexity index is 684. The largest absolute Gasteiger partial charge is 0.494 e. The molecule has 0 unspecified atom stereocenters. The zero-order valence-corrected chi connectivity index (χ0v) is 11.7. The lowest BCUT2D eigenvalue weighted by Gasteiger charge is -2.08. The number of ether oxygens (including phenoxy) is 1. The lowest BCUT2D eigenvalue weighted by Crippen LogP contribution is -2.24. The molecule has 0 bridgehead atoms. The van der Waals surface area contributed by atoms with Crippen molar-refractivity contribution in [3.63, 3.8) is 0 Å². The van der Waals surface area contributed by atoms with Crippen LogP contribution in [0, 0.1) is 6.92 Å². The average Bonchev–Trinajstić information content (AvgIpc) is 2.93. The van der Waals surface area contributed by atoms with E-state index in [1.165, 1.54) is 19.4 Å². The molecule has 0 atom stereocenters. The molecule has 2 N–H and O–H groups in total. The van der Waals surface area contributed by atoms with Crippen LogP contribution < -0.4 is 10.1 Å². The van der Waals surface area contributed by atoms with E-state index in [1.807, 2.05) is 0 Å². The number of aromatic nitrogens is 4. The number of hydrogen-bond donors (Lipinski definition) is 2. The predicted octanol–water partition coefficient (Wildman–Crippen LogP) is 1.47. The van der Waals surface area contributed by atoms with Crippen LogP contribution in [0.1, 0.15) is 27.7 Å². The highest BCUT2D eigenvalue weighted by molar-refractivity contribution is 5.96. The van der Waals surface area contributed by atoms with Crippen LogP contribution in [-0.2, 0) is 12.7 Å². The first kappa shape index (κ1) is 15.7. The minimum Gasteiger partial charge on any atom is -0.494 e. The normalized spacial score (nSPS) is 11.3. The number of hydrogen-bond acceptors (Lipinski definition) is 5. The number of carbonyl (C=O) groups is 1. The van der Waals surface area contributed by atoms with Crippen molar-refractivity contribution in [1.82, 2.24) is 25.5 Å². The lowest BCUT2D eigenvalue weighted by atomic mass is 10.2. The molecule has 0 saturated heterocycles. The molecule has 0 aliphatic carbocycles. The van der Waals surface area contributed by atoms with Gasteiger partial charge in [-0.25, -0.2) is 4.98 Å². The van der Waals surface area contributed by atoms with Crippen LogP contribution in [0.2, 0.25) is 0 Å². The summed E-state index contributed by atoms with van der Waals surface area (Å²) >= 11 is 0. The summed E-state index contributed by atoms with van der Waals surface area (Å²) in [7, 11) is 1.38. The third-order valence-corrected chi connectivity index (χ3v) is 2.67. The molecule has 0 fully saturated rings. The molecule has 2 rings (SSSR count). The molecule has 7 nitrogen and oxygen atoms in total. The quantitative estimate of drug-likeness (QED) is 0.891. The Morgan fingerprint density at radius 3 is 2.77 bits per heavy atom. The van der Waals surface area contributed by atoms with Crippen molar-refractivity contribution in [2.75, 3.05) is 7.11 Å². The Balaban J connectivity index is 2.07. The van der Waals surface area contributed by atoms with Crippen molar-refractivity contribution in [3.05, 3.63) is 35.2 Å². The van der Waals surface area contributed by atoms with Gasteiger partial charge in [0.1, 0.15) is 11.6 Å². The number of H-pyrrole nitrogens is 1. The molecule has 118 valence electrons. The van der Waals surface area contributed by atoms with E-state index in [1.54, 1.807) is 6.92 Å². The summed E-state index contributed by atoms with van der Waals surface area (Å²) < 4.78 is 42.1. The predicted molar refractivity (Wildman–Crippen MR) is 68.1 cm³/mol. The van der Waals surface area contributed by atoms with Crippen molar-refractivity contribution in [3.8, 4) is 5.75 Å². The number of methoxy groups -OCH3 is 1. The van der Waals surface area contributed by atoms with Crippen molar-refractivity contribution < 1.29 is 22.7 Å². The second kappa shape index (κ2) is 6.00. The molecule has 0 saturated carbocycles. The maximum atomic E-state index is 12.4. The number of carbonyl (C=O) groups excluding carboxylic acids is 1. The van der Waals surface area contributed by atoms with Gasteiger partial charge in [0.2, 0.25) is 0 Å². The highest BCUT2D eigenvalue weighted by Crippen LogP contribution is 2.25. The van der Waals surface area contributed by atoms with Crippen molar-refractivity contribution in [2.24, 2.45) is 0 Å². The summed E-state index contributed by atoms with van der Waals surface area (Å²) in [6.45, 7) is 1.47. The fraction of sp³-hybridized carbons (Fsp3) is 0.333. The van der Waals surface area contributed by atoms with E-state index >= 15 is 0 Å². The molecule has 0 radical (unpaired) electrons. The van der Waals surface area contributed by atoms with Gasteiger partial charge in [0.15, 0.2) is 0 Å². The summed E-state index contributed by atoms with van der Waals surface area (Å²) in [5.41, 5.74) is 0.829. The number of alkyl halides is 3. The number of halogens is 3. The highest BCUT2D eigenvalue weighted by atomic mass is 19.4. The number of rotatable bonds is 4. The summed E-state index contributed by atoms with van der Waals surface area (Å²) in [5.74, 6) is -1.65. The standard InChI is InChI=1S/C12H12F3N5O2/c1-6-3-7(8(22-2)4-16-6)10(21)17-5-9-18-11(20-19-9)12(13,14)15/h3-4H,5H2,1-2H3,(H,17,21)(H,18,19,20). The number of aryl methyl sites for hydroxylation is 1. The van der Waals surface area contributed by atoms with E-state index in [4.69, 9.17) is 4.74 Å². The second-order valence-corrected chi connectivity index (χ2v) is 4.31. The molecular formula is C12H12F3N5O2. The fourth-order valence-corrected chi connectivity index (χ4v) is 1.65. The Hall–Kier alpha value is -2.65. The van der Waals surface area contributed by atoms with E-state index in [0.29, 0.717) is 5.69 Å². The van der Waals surface area contributed by atoms with Gasteiger partial charge in [-0.3, -0.25) is 14.9 Å². The van der Waals surface area contributed by atoms with Crippen LogP contribution in [0.4, 0.5) is 13.2 Å². The summed E-state index contributed by atoms with van der Waals surface area (Å²) in [6.07, 6.45) is -3.25. The zero-order chi connectivity index (χ0) is 16.3. The second-order valence-electron chi connectivity index (χ2n) is 4.31. The minimum absolute atomic E-state index is 0.106. The van der Waals surface area contributed by atoms with Gasteiger partial charge in [0.25, 0.3) is 11.7 Å². The number of amides is 1. The van der Waals surface area contributed by atoms with Gasteiger partial charge in [-0.15, -0.1) is 5.10 Å². The summed E-state index contributed by atoms with van der Waals surface area (Å²) in [4.78, 5) is 19.3. The van der Waals surface area contributed by atoms with Crippen LogP contribution in [0.15, 0.2) is 12.3 Å². The molecule has 2 aromatic rings. The Labute approximate surface area is 122 Å². The first-order valence-electron chi connectivity index (χ1n) is 6.08. The number of aromatic amines is 1. The van der Waals surface area contributed by atoms with Crippen molar-refractivity contribution >= 4 is 5.91 Å². The highest BCUT2D eigenvalue weighted by Gasteiger charge is 2.36. The molecule has 2 heterocycles. The Kier molecular flexibility index (Phi) is 4.29. The molecule has 10 heteroatoms. The number of pyridine rings is 1. The van der Waals surface area contributed by atoms with E-state index in [0.717, 1.165) is 0 Å². The molecule has 1 amide bonds. The molecule has 0 aromatic carbocycles. The maximum absolute atomic E-state index is 12.4. The molecule has 22 heavy (non-hydrogen) atoms. The van der Waals surface area contributed by atoms with Crippen molar-refractivity contribution in [1.29, 1.82) is 0 Å². The first-order chi connectivity index (χ1) is 10.3. The monoisotopic (exact) mass is 315 g/mol. The van der Waals surface area contributed by atoms with Gasteiger partial charge in [-0.05, 0) is 13.0 Å². The number of nitrogens with zero attached hydrogens (tertiary/aromatic N) is 3. The SMILES string of the molecule is COc1cnc(C)cc1C(=O)NCc1nc(C(F)(F)F)n[nH]1. The first-order valence-corrected chi connectivity index (χ1v) is 6.08. The fourth-order valence-electron chi connectivity index (χ4n) is 1.65. The van der Waals surface area contributed by atoms with E-state index in [2.05, 4.69) is 25.5 Å². The van der Waals surface area contributed by atoms with Crippen LogP contribution in [0.5, 0.6) is 5.75 Å². The van der Waals surface area contributed by atoms with Gasteiger partial charge in [0.05, 0.1) is 25.4 Å². The Morgan fingerprint density at radius 2 is 2.18 bits per heavy atom. The topological polar surface area (TPSA) is 92.8 Å². The molecule has 2 aromatic heterocycles. The summed E-state index contributed by atoms with van der Waals surface area (Å²) in [5, 5.41) is 7.59. The van der Waals surface area contributed by atoms with Crippen LogP contribution in [0.3, 0.4) is 0 Å². The van der Waals surface area contributed by atoms with Crippen LogP contribution in [0.25, 0.3) is 0 Å². The molecule has 0 aliphatic heterocycles.